The summed E-state index contributed by atoms with van der Waals surface area (Å²) in [7, 11) is 3.64. The van der Waals surface area contributed by atoms with Crippen LogP contribution in [-0.4, -0.2) is 11.5 Å². The quantitative estimate of drug-likeness (QED) is 0.692. The van der Waals surface area contributed by atoms with Crippen LogP contribution in [0.1, 0.15) is 16.5 Å². The fourth-order valence-corrected chi connectivity index (χ4v) is 6.29. The molecule has 0 fully saturated rings. The molecule has 0 radical (unpaired) electrons. The van der Waals surface area contributed by atoms with Crippen molar-refractivity contribution in [2.75, 3.05) is 6.54 Å². The Bertz CT molecular complexity index is 736. The van der Waals surface area contributed by atoms with Gasteiger partial charge in [-0.15, -0.1) is 11.3 Å². The summed E-state index contributed by atoms with van der Waals surface area (Å²) in [6.45, 7) is 1.05. The van der Waals surface area contributed by atoms with Crippen LogP contribution in [0.15, 0.2) is 52.9 Å². The first kappa shape index (κ1) is 13.6. The van der Waals surface area contributed by atoms with E-state index in [1.165, 1.54) is 15.8 Å². The number of para-hydroxylation sites is 1. The number of benzene rings is 2. The van der Waals surface area contributed by atoms with Crippen LogP contribution in [0.4, 0.5) is 0 Å². The second-order valence-corrected chi connectivity index (χ2v) is 8.49. The smallest absolute Gasteiger partial charge is 0.161 e. The monoisotopic (exact) mass is 330 g/mol. The molecule has 5 heteroatoms. The van der Waals surface area contributed by atoms with Gasteiger partial charge in [0.05, 0.1) is 15.6 Å². The standard InChI is InChI=1S/C16H14N2S3/c1-2-6-12-11(5-1)9-10-17-15(12)20-21-16-18-13-7-3-4-8-14(13)19-16/h1-8,15,17H,9-10H2. The Kier molecular flexibility index (Phi) is 3.90. The fourth-order valence-electron chi connectivity index (χ4n) is 2.53. The molecule has 1 N–H and O–H groups in total. The van der Waals surface area contributed by atoms with E-state index in [1.807, 2.05) is 16.9 Å². The second kappa shape index (κ2) is 6.01. The highest BCUT2D eigenvalue weighted by Gasteiger charge is 2.20. The molecule has 0 bridgehead atoms. The number of rotatable bonds is 3. The number of hydrogen-bond acceptors (Lipinski definition) is 5. The zero-order chi connectivity index (χ0) is 14.1. The van der Waals surface area contributed by atoms with Crippen LogP contribution < -0.4 is 5.32 Å². The lowest BCUT2D eigenvalue weighted by molar-refractivity contribution is 0.633. The molecule has 2 heterocycles. The van der Waals surface area contributed by atoms with Crippen molar-refractivity contribution in [1.29, 1.82) is 0 Å². The van der Waals surface area contributed by atoms with Crippen molar-refractivity contribution in [1.82, 2.24) is 10.3 Å². The Balaban J connectivity index is 1.52. The van der Waals surface area contributed by atoms with Crippen molar-refractivity contribution in [2.24, 2.45) is 0 Å². The molecule has 1 aliphatic heterocycles. The van der Waals surface area contributed by atoms with E-state index in [4.69, 9.17) is 0 Å². The van der Waals surface area contributed by atoms with Crippen molar-refractivity contribution in [3.63, 3.8) is 0 Å². The number of aromatic nitrogens is 1. The van der Waals surface area contributed by atoms with Gasteiger partial charge in [-0.25, -0.2) is 4.98 Å². The van der Waals surface area contributed by atoms with Gasteiger partial charge >= 0.3 is 0 Å². The zero-order valence-corrected chi connectivity index (χ0v) is 13.7. The molecule has 4 rings (SSSR count). The zero-order valence-electron chi connectivity index (χ0n) is 11.3. The molecule has 2 nitrogen and oxygen atoms in total. The minimum Gasteiger partial charge on any atom is -0.301 e. The molecule has 0 spiro atoms. The highest BCUT2D eigenvalue weighted by Crippen LogP contribution is 2.44. The van der Waals surface area contributed by atoms with Gasteiger partial charge in [0, 0.05) is 6.54 Å². The summed E-state index contributed by atoms with van der Waals surface area (Å²) in [6.07, 6.45) is 1.12. The molecule has 2 aromatic carbocycles. The van der Waals surface area contributed by atoms with Gasteiger partial charge in [0.2, 0.25) is 0 Å². The summed E-state index contributed by atoms with van der Waals surface area (Å²) in [5.74, 6) is 0. The Labute approximate surface area is 135 Å². The van der Waals surface area contributed by atoms with Gasteiger partial charge in [0.15, 0.2) is 4.34 Å². The van der Waals surface area contributed by atoms with Crippen LogP contribution in [0.3, 0.4) is 0 Å². The molecule has 1 unspecified atom stereocenters. The molecule has 0 saturated carbocycles. The van der Waals surface area contributed by atoms with Gasteiger partial charge in [0.1, 0.15) is 0 Å². The van der Waals surface area contributed by atoms with Gasteiger partial charge in [-0.2, -0.15) is 0 Å². The maximum absolute atomic E-state index is 4.69. The predicted molar refractivity (Wildman–Crippen MR) is 94.0 cm³/mol. The van der Waals surface area contributed by atoms with Gasteiger partial charge in [0.25, 0.3) is 0 Å². The Morgan fingerprint density at radius 2 is 1.95 bits per heavy atom. The topological polar surface area (TPSA) is 24.9 Å². The molecule has 0 amide bonds. The Morgan fingerprint density at radius 1 is 1.10 bits per heavy atom. The third-order valence-electron chi connectivity index (χ3n) is 3.55. The summed E-state index contributed by atoms with van der Waals surface area (Å²) < 4.78 is 2.39. The SMILES string of the molecule is c1ccc2c(c1)CCNC2SSc1nc2ccccc2s1. The second-order valence-electron chi connectivity index (χ2n) is 4.91. The fraction of sp³-hybridized carbons (Fsp3) is 0.188. The maximum atomic E-state index is 4.69. The van der Waals surface area contributed by atoms with Gasteiger partial charge in [-0.3, -0.25) is 0 Å². The van der Waals surface area contributed by atoms with Crippen LogP contribution in [-0.2, 0) is 6.42 Å². The number of fused-ring (bicyclic) bond motifs is 2. The lowest BCUT2D eigenvalue weighted by Crippen LogP contribution is -2.27. The molecule has 1 aliphatic rings. The first-order valence-corrected chi connectivity index (χ1v) is 9.93. The highest BCUT2D eigenvalue weighted by atomic mass is 33.1. The Morgan fingerprint density at radius 3 is 2.90 bits per heavy atom. The lowest BCUT2D eigenvalue weighted by Gasteiger charge is -2.25. The number of nitrogens with zero attached hydrogens (tertiary/aromatic N) is 1. The highest BCUT2D eigenvalue weighted by molar-refractivity contribution is 8.77. The van der Waals surface area contributed by atoms with Crippen LogP contribution in [0.5, 0.6) is 0 Å². The molecule has 1 aromatic heterocycles. The Hall–Kier alpha value is -1.01. The first-order valence-electron chi connectivity index (χ1n) is 6.90. The molecule has 3 aromatic rings. The average Bonchev–Trinajstić information content (AvgIpc) is 2.96. The van der Waals surface area contributed by atoms with E-state index in [0.29, 0.717) is 5.37 Å². The van der Waals surface area contributed by atoms with Crippen LogP contribution >= 0.6 is 32.9 Å². The van der Waals surface area contributed by atoms with Crippen LogP contribution in [0.2, 0.25) is 0 Å². The lowest BCUT2D eigenvalue weighted by atomic mass is 10.0. The third kappa shape index (κ3) is 2.83. The molecule has 0 saturated heterocycles. The van der Waals surface area contributed by atoms with Crippen molar-refractivity contribution >= 4 is 43.1 Å². The van der Waals surface area contributed by atoms with Crippen molar-refractivity contribution in [3.8, 4) is 0 Å². The van der Waals surface area contributed by atoms with Crippen molar-refractivity contribution < 1.29 is 0 Å². The first-order chi connectivity index (χ1) is 10.4. The van der Waals surface area contributed by atoms with Gasteiger partial charge in [-0.1, -0.05) is 47.2 Å². The van der Waals surface area contributed by atoms with Crippen LogP contribution in [0.25, 0.3) is 10.2 Å². The predicted octanol–water partition coefficient (Wildman–Crippen LogP) is 4.88. The summed E-state index contributed by atoms with van der Waals surface area (Å²) in [5, 5.41) is 3.95. The number of hydrogen-bond donors (Lipinski definition) is 1. The van der Waals surface area contributed by atoms with E-state index in [9.17, 15) is 0 Å². The molecule has 106 valence electrons. The van der Waals surface area contributed by atoms with Gasteiger partial charge in [-0.05, 0) is 40.5 Å². The van der Waals surface area contributed by atoms with Gasteiger partial charge < -0.3 is 5.32 Å². The summed E-state index contributed by atoms with van der Waals surface area (Å²) in [4.78, 5) is 4.69. The molecular weight excluding hydrogens is 316 g/mol. The average molecular weight is 331 g/mol. The van der Waals surface area contributed by atoms with E-state index >= 15 is 0 Å². The maximum Gasteiger partial charge on any atom is 0.161 e. The van der Waals surface area contributed by atoms with Crippen molar-refractivity contribution in [3.05, 3.63) is 59.7 Å². The number of thiazole rings is 1. The van der Waals surface area contributed by atoms with Crippen molar-refractivity contribution in [2.45, 2.75) is 16.1 Å². The molecule has 0 aliphatic carbocycles. The minimum atomic E-state index is 0.354. The summed E-state index contributed by atoms with van der Waals surface area (Å²) >= 11 is 1.77. The molecule has 21 heavy (non-hydrogen) atoms. The number of nitrogens with one attached hydrogen (secondary N) is 1. The molecule has 1 atom stereocenters. The van der Waals surface area contributed by atoms with E-state index in [1.54, 1.807) is 22.1 Å². The molecular formula is C16H14N2S3. The summed E-state index contributed by atoms with van der Waals surface area (Å²) in [5.41, 5.74) is 3.99. The van der Waals surface area contributed by atoms with E-state index < -0.39 is 0 Å². The van der Waals surface area contributed by atoms with E-state index in [2.05, 4.69) is 52.8 Å². The van der Waals surface area contributed by atoms with E-state index in [-0.39, 0.29) is 0 Å². The normalized spacial score (nSPS) is 17.8. The minimum absolute atomic E-state index is 0.354. The van der Waals surface area contributed by atoms with Crippen LogP contribution in [0, 0.1) is 0 Å². The summed E-state index contributed by atoms with van der Waals surface area (Å²) in [6, 6.07) is 17.1. The largest absolute Gasteiger partial charge is 0.301 e. The van der Waals surface area contributed by atoms with E-state index in [0.717, 1.165) is 22.8 Å². The third-order valence-corrected chi connectivity index (χ3v) is 7.48.